The number of esters is 1. The van der Waals surface area contributed by atoms with E-state index in [0.29, 0.717) is 51.9 Å². The normalized spacial score (nSPS) is 16.7. The molecular formula is C21H38N2O4. The van der Waals surface area contributed by atoms with E-state index >= 15 is 0 Å². The van der Waals surface area contributed by atoms with Crippen LogP contribution < -0.4 is 0 Å². The fourth-order valence-corrected chi connectivity index (χ4v) is 3.37. The maximum absolute atomic E-state index is 12.7. The van der Waals surface area contributed by atoms with Crippen LogP contribution in [-0.4, -0.2) is 59.9 Å². The molecule has 1 heterocycles. The minimum absolute atomic E-state index is 0.0640. The molecule has 1 atom stereocenters. The molecule has 1 fully saturated rings. The standard InChI is InChI=1S/C21H38N2O4/c1-7-16(3)23(19(25)15-21(4,5)6)14-11-18(24)22-12-9-17(10-13-22)20(26)27-8-2/h16-17H,7-15H2,1-6H3. The summed E-state index contributed by atoms with van der Waals surface area (Å²) in [5.41, 5.74) is -0.0677. The molecule has 6 heteroatoms. The van der Waals surface area contributed by atoms with E-state index in [2.05, 4.69) is 27.7 Å². The lowest BCUT2D eigenvalue weighted by atomic mass is 9.91. The second-order valence-electron chi connectivity index (χ2n) is 8.74. The van der Waals surface area contributed by atoms with Crippen molar-refractivity contribution in [3.05, 3.63) is 0 Å². The summed E-state index contributed by atoms with van der Waals surface area (Å²) in [6, 6.07) is 0.127. The highest BCUT2D eigenvalue weighted by atomic mass is 16.5. The molecule has 0 N–H and O–H groups in total. The van der Waals surface area contributed by atoms with Gasteiger partial charge in [0.2, 0.25) is 11.8 Å². The summed E-state index contributed by atoms with van der Waals surface area (Å²) in [5, 5.41) is 0. The Kier molecular flexibility index (Phi) is 9.27. The Morgan fingerprint density at radius 1 is 1.15 bits per heavy atom. The van der Waals surface area contributed by atoms with Gasteiger partial charge in [-0.05, 0) is 38.5 Å². The van der Waals surface area contributed by atoms with E-state index < -0.39 is 0 Å². The largest absolute Gasteiger partial charge is 0.466 e. The summed E-state index contributed by atoms with van der Waals surface area (Å²) in [6.07, 6.45) is 3.00. The van der Waals surface area contributed by atoms with Gasteiger partial charge in [-0.2, -0.15) is 0 Å². The number of nitrogens with zero attached hydrogens (tertiary/aromatic N) is 2. The van der Waals surface area contributed by atoms with Crippen LogP contribution in [0.4, 0.5) is 0 Å². The van der Waals surface area contributed by atoms with Crippen LogP contribution in [0.3, 0.4) is 0 Å². The summed E-state index contributed by atoms with van der Waals surface area (Å²) in [6.45, 7) is 14.1. The minimum Gasteiger partial charge on any atom is -0.466 e. The Labute approximate surface area is 164 Å². The second kappa shape index (κ2) is 10.7. The lowest BCUT2D eigenvalue weighted by molar-refractivity contribution is -0.151. The lowest BCUT2D eigenvalue weighted by Gasteiger charge is -2.34. The Morgan fingerprint density at radius 2 is 1.74 bits per heavy atom. The van der Waals surface area contributed by atoms with Crippen molar-refractivity contribution in [3.8, 4) is 0 Å². The number of amides is 2. The number of likely N-dealkylation sites (tertiary alicyclic amines) is 1. The van der Waals surface area contributed by atoms with Crippen LogP contribution in [0.15, 0.2) is 0 Å². The monoisotopic (exact) mass is 382 g/mol. The van der Waals surface area contributed by atoms with E-state index in [0.717, 1.165) is 6.42 Å². The molecule has 2 amide bonds. The molecule has 1 saturated heterocycles. The van der Waals surface area contributed by atoms with E-state index in [1.54, 1.807) is 6.92 Å². The average Bonchev–Trinajstić information content (AvgIpc) is 2.60. The SMILES string of the molecule is CCOC(=O)C1CCN(C(=O)CCN(C(=O)CC(C)(C)C)C(C)CC)CC1. The van der Waals surface area contributed by atoms with Gasteiger partial charge in [0.25, 0.3) is 0 Å². The molecule has 0 aromatic carbocycles. The number of hydrogen-bond acceptors (Lipinski definition) is 4. The van der Waals surface area contributed by atoms with Crippen molar-refractivity contribution < 1.29 is 19.1 Å². The first-order valence-corrected chi connectivity index (χ1v) is 10.3. The third-order valence-corrected chi connectivity index (χ3v) is 5.16. The average molecular weight is 383 g/mol. The molecule has 0 aromatic heterocycles. The lowest BCUT2D eigenvalue weighted by Crippen LogP contribution is -2.44. The van der Waals surface area contributed by atoms with Gasteiger partial charge in [-0.3, -0.25) is 14.4 Å². The number of rotatable bonds is 8. The van der Waals surface area contributed by atoms with Crippen LogP contribution in [0.1, 0.15) is 73.6 Å². The third kappa shape index (κ3) is 7.89. The maximum Gasteiger partial charge on any atom is 0.309 e. The third-order valence-electron chi connectivity index (χ3n) is 5.16. The Bertz CT molecular complexity index is 505. The highest BCUT2D eigenvalue weighted by Gasteiger charge is 2.29. The molecule has 6 nitrogen and oxygen atoms in total. The number of ether oxygens (including phenoxy) is 1. The molecule has 0 spiro atoms. The molecule has 1 rings (SSSR count). The Morgan fingerprint density at radius 3 is 2.22 bits per heavy atom. The van der Waals surface area contributed by atoms with Crippen LogP contribution in [-0.2, 0) is 19.1 Å². The fraction of sp³-hybridized carbons (Fsp3) is 0.857. The predicted octanol–water partition coefficient (Wildman–Crippen LogP) is 3.24. The molecule has 1 aliphatic rings. The first-order valence-electron chi connectivity index (χ1n) is 10.3. The van der Waals surface area contributed by atoms with Crippen molar-refractivity contribution in [3.63, 3.8) is 0 Å². The summed E-state index contributed by atoms with van der Waals surface area (Å²) in [7, 11) is 0. The van der Waals surface area contributed by atoms with E-state index in [1.807, 2.05) is 16.7 Å². The van der Waals surface area contributed by atoms with Gasteiger partial charge in [-0.1, -0.05) is 27.7 Å². The van der Waals surface area contributed by atoms with Crippen LogP contribution in [0.5, 0.6) is 0 Å². The van der Waals surface area contributed by atoms with Crippen molar-refractivity contribution in [2.75, 3.05) is 26.2 Å². The van der Waals surface area contributed by atoms with E-state index in [4.69, 9.17) is 4.74 Å². The van der Waals surface area contributed by atoms with Crippen molar-refractivity contribution in [1.29, 1.82) is 0 Å². The van der Waals surface area contributed by atoms with Gasteiger partial charge in [0.05, 0.1) is 12.5 Å². The first-order chi connectivity index (χ1) is 12.6. The molecule has 0 saturated carbocycles. The smallest absolute Gasteiger partial charge is 0.309 e. The highest BCUT2D eigenvalue weighted by Crippen LogP contribution is 2.22. The van der Waals surface area contributed by atoms with E-state index in [1.165, 1.54) is 0 Å². The van der Waals surface area contributed by atoms with Crippen molar-refractivity contribution >= 4 is 17.8 Å². The van der Waals surface area contributed by atoms with Gasteiger partial charge in [0.1, 0.15) is 0 Å². The van der Waals surface area contributed by atoms with Gasteiger partial charge < -0.3 is 14.5 Å². The van der Waals surface area contributed by atoms with Crippen molar-refractivity contribution in [1.82, 2.24) is 9.80 Å². The Hall–Kier alpha value is -1.59. The van der Waals surface area contributed by atoms with Crippen LogP contribution in [0.25, 0.3) is 0 Å². The topological polar surface area (TPSA) is 66.9 Å². The zero-order valence-electron chi connectivity index (χ0n) is 18.0. The van der Waals surface area contributed by atoms with Crippen LogP contribution in [0.2, 0.25) is 0 Å². The number of carbonyl (C=O) groups excluding carboxylic acids is 3. The summed E-state index contributed by atoms with van der Waals surface area (Å²) in [4.78, 5) is 40.8. The van der Waals surface area contributed by atoms with E-state index in [9.17, 15) is 14.4 Å². The molecule has 1 unspecified atom stereocenters. The summed E-state index contributed by atoms with van der Waals surface area (Å²) >= 11 is 0. The quantitative estimate of drug-likeness (QED) is 0.605. The van der Waals surface area contributed by atoms with Gasteiger partial charge in [0.15, 0.2) is 0 Å². The molecule has 0 aromatic rings. The number of piperidine rings is 1. The first kappa shape index (κ1) is 23.4. The van der Waals surface area contributed by atoms with Crippen molar-refractivity contribution in [2.24, 2.45) is 11.3 Å². The maximum atomic E-state index is 12.7. The zero-order valence-corrected chi connectivity index (χ0v) is 18.0. The molecule has 0 radical (unpaired) electrons. The fourth-order valence-electron chi connectivity index (χ4n) is 3.37. The van der Waals surface area contributed by atoms with Gasteiger partial charge in [0, 0.05) is 38.5 Å². The summed E-state index contributed by atoms with van der Waals surface area (Å²) < 4.78 is 5.07. The minimum atomic E-state index is -0.152. The number of carbonyl (C=O) groups is 3. The van der Waals surface area contributed by atoms with Gasteiger partial charge in [-0.15, -0.1) is 0 Å². The molecule has 0 bridgehead atoms. The molecule has 27 heavy (non-hydrogen) atoms. The second-order valence-corrected chi connectivity index (χ2v) is 8.74. The van der Waals surface area contributed by atoms with Gasteiger partial charge in [-0.25, -0.2) is 0 Å². The molecule has 1 aliphatic heterocycles. The van der Waals surface area contributed by atoms with Crippen LogP contribution >= 0.6 is 0 Å². The van der Waals surface area contributed by atoms with Gasteiger partial charge >= 0.3 is 5.97 Å². The van der Waals surface area contributed by atoms with E-state index in [-0.39, 0.29) is 35.2 Å². The Balaban J connectivity index is 2.55. The molecule has 0 aliphatic carbocycles. The predicted molar refractivity (Wildman–Crippen MR) is 106 cm³/mol. The van der Waals surface area contributed by atoms with Crippen LogP contribution in [0, 0.1) is 11.3 Å². The zero-order chi connectivity index (χ0) is 20.6. The highest BCUT2D eigenvalue weighted by molar-refractivity contribution is 5.80. The molecular weight excluding hydrogens is 344 g/mol. The molecule has 156 valence electrons. The number of hydrogen-bond donors (Lipinski definition) is 0. The van der Waals surface area contributed by atoms with Crippen molar-refractivity contribution in [2.45, 2.75) is 79.7 Å². The summed E-state index contributed by atoms with van der Waals surface area (Å²) in [5.74, 6) is -0.0702.